The molecule has 0 bridgehead atoms. The molecule has 1 fully saturated rings. The lowest BCUT2D eigenvalue weighted by Gasteiger charge is -2.28. The second-order valence-corrected chi connectivity index (χ2v) is 5.69. The van der Waals surface area contributed by atoms with Gasteiger partial charge in [-0.15, -0.1) is 0 Å². The Morgan fingerprint density at radius 3 is 2.86 bits per heavy atom. The van der Waals surface area contributed by atoms with Gasteiger partial charge in [-0.3, -0.25) is 0 Å². The summed E-state index contributed by atoms with van der Waals surface area (Å²) in [6, 6.07) is 1.78. The molecule has 21 heavy (non-hydrogen) atoms. The van der Waals surface area contributed by atoms with Gasteiger partial charge in [0.15, 0.2) is 5.82 Å². The first-order valence-electron chi connectivity index (χ1n) is 7.81. The summed E-state index contributed by atoms with van der Waals surface area (Å²) >= 11 is 0. The highest BCUT2D eigenvalue weighted by molar-refractivity contribution is 5.44. The number of nitrogens with two attached hydrogens (primary N) is 1. The molecular weight excluding hydrogens is 266 g/mol. The molecule has 6 heteroatoms. The molecule has 0 amide bonds. The highest BCUT2D eigenvalue weighted by atomic mass is 16.5. The van der Waals surface area contributed by atoms with Crippen molar-refractivity contribution in [1.82, 2.24) is 14.9 Å². The van der Waals surface area contributed by atoms with Crippen LogP contribution in [0.15, 0.2) is 6.07 Å². The van der Waals surface area contributed by atoms with E-state index >= 15 is 0 Å². The zero-order chi connectivity index (χ0) is 15.1. The molecule has 1 aliphatic rings. The Morgan fingerprint density at radius 1 is 1.38 bits per heavy atom. The van der Waals surface area contributed by atoms with Crippen molar-refractivity contribution in [3.8, 4) is 0 Å². The topological polar surface area (TPSA) is 76.3 Å². The van der Waals surface area contributed by atoms with Crippen molar-refractivity contribution in [2.75, 3.05) is 44.3 Å². The van der Waals surface area contributed by atoms with Crippen molar-refractivity contribution < 1.29 is 4.74 Å². The van der Waals surface area contributed by atoms with Gasteiger partial charge in [-0.1, -0.05) is 0 Å². The van der Waals surface area contributed by atoms with Gasteiger partial charge in [-0.2, -0.15) is 0 Å². The first-order valence-corrected chi connectivity index (χ1v) is 7.81. The summed E-state index contributed by atoms with van der Waals surface area (Å²) in [6.45, 7) is 6.36. The first kappa shape index (κ1) is 16.0. The monoisotopic (exact) mass is 293 g/mol. The van der Waals surface area contributed by atoms with Gasteiger partial charge in [-0.25, -0.2) is 9.97 Å². The fourth-order valence-electron chi connectivity index (χ4n) is 2.62. The summed E-state index contributed by atoms with van der Waals surface area (Å²) < 4.78 is 5.33. The third-order valence-electron chi connectivity index (χ3n) is 3.92. The lowest BCUT2D eigenvalue weighted by Crippen LogP contribution is -2.30. The summed E-state index contributed by atoms with van der Waals surface area (Å²) in [5.74, 6) is 2.74. The van der Waals surface area contributed by atoms with Gasteiger partial charge < -0.3 is 20.7 Å². The molecule has 0 aromatic carbocycles. The highest BCUT2D eigenvalue weighted by Gasteiger charge is 2.16. The minimum atomic E-state index is 0.408. The number of anilines is 2. The maximum absolute atomic E-state index is 5.81. The Hall–Kier alpha value is -1.40. The van der Waals surface area contributed by atoms with Gasteiger partial charge in [-0.05, 0) is 52.2 Å². The second kappa shape index (κ2) is 8.14. The third kappa shape index (κ3) is 5.47. The molecule has 0 saturated carbocycles. The number of nitrogens with one attached hydrogen (secondary N) is 1. The molecule has 2 rings (SSSR count). The molecule has 6 nitrogen and oxygen atoms in total. The summed E-state index contributed by atoms with van der Waals surface area (Å²) in [5.41, 5.74) is 5.81. The van der Waals surface area contributed by atoms with Gasteiger partial charge in [0, 0.05) is 19.2 Å². The zero-order valence-corrected chi connectivity index (χ0v) is 13.1. The number of hydrogen-bond acceptors (Lipinski definition) is 6. The quantitative estimate of drug-likeness (QED) is 0.797. The number of likely N-dealkylation sites (tertiary alicyclic amines) is 1. The molecule has 0 aliphatic carbocycles. The smallest absolute Gasteiger partial charge is 0.158 e. The molecule has 2 heterocycles. The largest absolute Gasteiger partial charge is 0.384 e. The van der Waals surface area contributed by atoms with E-state index in [1.165, 1.54) is 32.4 Å². The summed E-state index contributed by atoms with van der Waals surface area (Å²) in [7, 11) is 2.19. The van der Waals surface area contributed by atoms with Crippen LogP contribution in [0.4, 0.5) is 11.6 Å². The number of rotatable bonds is 7. The number of hydrogen-bond donors (Lipinski definition) is 2. The summed E-state index contributed by atoms with van der Waals surface area (Å²) in [6.07, 6.45) is 3.76. The van der Waals surface area contributed by atoms with Crippen molar-refractivity contribution in [3.63, 3.8) is 0 Å². The number of aromatic nitrogens is 2. The van der Waals surface area contributed by atoms with Crippen LogP contribution in [-0.4, -0.2) is 48.2 Å². The maximum Gasteiger partial charge on any atom is 0.158 e. The van der Waals surface area contributed by atoms with Gasteiger partial charge in [0.05, 0.1) is 0 Å². The molecule has 1 aromatic rings. The molecular formula is C15H27N5O. The van der Waals surface area contributed by atoms with Crippen LogP contribution >= 0.6 is 0 Å². The zero-order valence-electron chi connectivity index (χ0n) is 13.1. The van der Waals surface area contributed by atoms with Crippen LogP contribution in [0.5, 0.6) is 0 Å². The molecule has 0 unspecified atom stereocenters. The van der Waals surface area contributed by atoms with Crippen LogP contribution in [0.2, 0.25) is 0 Å². The molecule has 118 valence electrons. The SMILES string of the molecule is CCOCc1nc(N)cc(NCCC2CCN(C)CC2)n1. The highest BCUT2D eigenvalue weighted by Crippen LogP contribution is 2.19. The van der Waals surface area contributed by atoms with E-state index in [0.717, 1.165) is 18.3 Å². The fraction of sp³-hybridized carbons (Fsp3) is 0.733. The molecule has 0 atom stereocenters. The van der Waals surface area contributed by atoms with Crippen LogP contribution in [0.25, 0.3) is 0 Å². The van der Waals surface area contributed by atoms with Crippen LogP contribution in [-0.2, 0) is 11.3 Å². The maximum atomic E-state index is 5.81. The molecule has 0 spiro atoms. The van der Waals surface area contributed by atoms with Gasteiger partial charge in [0.2, 0.25) is 0 Å². The van der Waals surface area contributed by atoms with E-state index in [1.54, 1.807) is 6.07 Å². The predicted octanol–water partition coefficient (Wildman–Crippen LogP) is 1.74. The minimum Gasteiger partial charge on any atom is -0.384 e. The lowest BCUT2D eigenvalue weighted by molar-refractivity contribution is 0.128. The van der Waals surface area contributed by atoms with E-state index in [9.17, 15) is 0 Å². The van der Waals surface area contributed by atoms with Crippen LogP contribution in [0.3, 0.4) is 0 Å². The van der Waals surface area contributed by atoms with E-state index < -0.39 is 0 Å². The van der Waals surface area contributed by atoms with Crippen LogP contribution in [0, 0.1) is 5.92 Å². The van der Waals surface area contributed by atoms with Gasteiger partial charge in [0.1, 0.15) is 18.2 Å². The number of nitrogens with zero attached hydrogens (tertiary/aromatic N) is 3. The van der Waals surface area contributed by atoms with E-state index in [1.807, 2.05) is 6.92 Å². The second-order valence-electron chi connectivity index (χ2n) is 5.69. The minimum absolute atomic E-state index is 0.408. The Labute approximate surface area is 127 Å². The van der Waals surface area contributed by atoms with Crippen molar-refractivity contribution in [1.29, 1.82) is 0 Å². The molecule has 3 N–H and O–H groups in total. The van der Waals surface area contributed by atoms with E-state index in [0.29, 0.717) is 24.9 Å². The summed E-state index contributed by atoms with van der Waals surface area (Å²) in [5, 5.41) is 3.36. The Bertz CT molecular complexity index is 432. The van der Waals surface area contributed by atoms with Gasteiger partial charge >= 0.3 is 0 Å². The standard InChI is InChI=1S/C15H27N5O/c1-3-21-11-15-18-13(16)10-14(19-15)17-7-4-12-5-8-20(2)9-6-12/h10,12H,3-9,11H2,1-2H3,(H3,16,17,18,19). The van der Waals surface area contributed by atoms with E-state index in [4.69, 9.17) is 10.5 Å². The van der Waals surface area contributed by atoms with E-state index in [-0.39, 0.29) is 0 Å². The number of piperidine rings is 1. The number of ether oxygens (including phenoxy) is 1. The van der Waals surface area contributed by atoms with Crippen molar-refractivity contribution in [2.24, 2.45) is 5.92 Å². The first-order chi connectivity index (χ1) is 10.2. The van der Waals surface area contributed by atoms with Crippen molar-refractivity contribution in [2.45, 2.75) is 32.8 Å². The average Bonchev–Trinajstić information content (AvgIpc) is 2.47. The third-order valence-corrected chi connectivity index (χ3v) is 3.92. The fourth-order valence-corrected chi connectivity index (χ4v) is 2.62. The van der Waals surface area contributed by atoms with Gasteiger partial charge in [0.25, 0.3) is 0 Å². The van der Waals surface area contributed by atoms with Crippen LogP contribution in [0.1, 0.15) is 32.0 Å². The molecule has 1 saturated heterocycles. The van der Waals surface area contributed by atoms with E-state index in [2.05, 4.69) is 27.2 Å². The average molecular weight is 293 g/mol. The molecule has 0 radical (unpaired) electrons. The Morgan fingerprint density at radius 2 is 2.14 bits per heavy atom. The number of nitrogen functional groups attached to an aromatic ring is 1. The predicted molar refractivity (Wildman–Crippen MR) is 85.1 cm³/mol. The molecule has 1 aromatic heterocycles. The lowest BCUT2D eigenvalue weighted by atomic mass is 9.94. The Kier molecular flexibility index (Phi) is 6.20. The normalized spacial score (nSPS) is 17.0. The van der Waals surface area contributed by atoms with Crippen molar-refractivity contribution in [3.05, 3.63) is 11.9 Å². The summed E-state index contributed by atoms with van der Waals surface area (Å²) in [4.78, 5) is 11.0. The Balaban J connectivity index is 1.78. The molecule has 1 aliphatic heterocycles. The van der Waals surface area contributed by atoms with Crippen LogP contribution < -0.4 is 11.1 Å². The van der Waals surface area contributed by atoms with Crippen molar-refractivity contribution >= 4 is 11.6 Å².